The number of ether oxygens (including phenoxy) is 1. The van der Waals surface area contributed by atoms with Gasteiger partial charge in [0.05, 0.1) is 24.2 Å². The number of halogens is 1. The summed E-state index contributed by atoms with van der Waals surface area (Å²) < 4.78 is 34.3. The molecule has 0 aliphatic rings. The lowest BCUT2D eigenvalue weighted by molar-refractivity contribution is -0.116. The molecule has 4 aromatic rings. The number of sulfonamides is 1. The van der Waals surface area contributed by atoms with E-state index in [9.17, 15) is 13.2 Å². The quantitative estimate of drug-likeness (QED) is 0.287. The highest BCUT2D eigenvalue weighted by Crippen LogP contribution is 2.26. The minimum Gasteiger partial charge on any atom is -0.497 e. The molecule has 0 aliphatic heterocycles. The molecule has 0 radical (unpaired) electrons. The number of nitrogens with one attached hydrogen (secondary N) is 1. The maximum Gasteiger partial charge on any atom is 0.243 e. The molecule has 10 heteroatoms. The molecular formula is C27H25ClN4O4S. The van der Waals surface area contributed by atoms with Gasteiger partial charge in [-0.25, -0.2) is 13.4 Å². The van der Waals surface area contributed by atoms with Gasteiger partial charge in [-0.15, -0.1) is 6.58 Å². The molecular weight excluding hydrogens is 512 g/mol. The molecule has 37 heavy (non-hydrogen) atoms. The first-order valence-corrected chi connectivity index (χ1v) is 13.1. The third-order valence-corrected chi connectivity index (χ3v) is 7.52. The molecule has 1 heterocycles. The lowest BCUT2D eigenvalue weighted by Gasteiger charge is -2.20. The summed E-state index contributed by atoms with van der Waals surface area (Å²) in [6.45, 7) is 3.14. The van der Waals surface area contributed by atoms with E-state index in [-0.39, 0.29) is 17.4 Å². The Morgan fingerprint density at radius 1 is 1.11 bits per heavy atom. The number of carbonyl (C=O) groups is 1. The Kier molecular flexibility index (Phi) is 8.08. The number of aromatic nitrogens is 2. The first kappa shape index (κ1) is 26.2. The van der Waals surface area contributed by atoms with Crippen molar-refractivity contribution in [1.82, 2.24) is 13.9 Å². The van der Waals surface area contributed by atoms with E-state index in [0.717, 1.165) is 9.87 Å². The minimum absolute atomic E-state index is 0.0368. The zero-order valence-electron chi connectivity index (χ0n) is 20.0. The molecule has 0 unspecified atom stereocenters. The molecule has 3 aromatic carbocycles. The van der Waals surface area contributed by atoms with Crippen molar-refractivity contribution < 1.29 is 17.9 Å². The standard InChI is InChI=1S/C27H25ClN4O4S/c1-3-16-31(37(34,35)24-14-12-23(36-2)13-15-24)19-26(33)30-27-29-25(20-8-5-4-6-9-20)18-32(27)22-11-7-10-21(28)17-22/h3-15,17-18H,1,16,19H2,2H3,(H,29,30,33). The van der Waals surface area contributed by atoms with Crippen LogP contribution in [0.5, 0.6) is 5.75 Å². The largest absolute Gasteiger partial charge is 0.497 e. The summed E-state index contributed by atoms with van der Waals surface area (Å²) in [5.74, 6) is 0.188. The Balaban J connectivity index is 1.63. The van der Waals surface area contributed by atoms with E-state index < -0.39 is 22.5 Å². The Hall–Kier alpha value is -3.92. The number of hydrogen-bond donors (Lipinski definition) is 1. The van der Waals surface area contributed by atoms with Gasteiger partial charge in [-0.2, -0.15) is 4.31 Å². The first-order valence-electron chi connectivity index (χ1n) is 11.3. The van der Waals surface area contributed by atoms with Crippen LogP contribution in [0.1, 0.15) is 0 Å². The van der Waals surface area contributed by atoms with E-state index in [0.29, 0.717) is 22.2 Å². The highest BCUT2D eigenvalue weighted by Gasteiger charge is 2.26. The van der Waals surface area contributed by atoms with Crippen molar-refractivity contribution in [2.75, 3.05) is 25.5 Å². The Morgan fingerprint density at radius 3 is 2.49 bits per heavy atom. The van der Waals surface area contributed by atoms with Crippen LogP contribution >= 0.6 is 11.6 Å². The van der Waals surface area contributed by atoms with Crippen LogP contribution in [0.3, 0.4) is 0 Å². The highest BCUT2D eigenvalue weighted by molar-refractivity contribution is 7.89. The van der Waals surface area contributed by atoms with E-state index in [4.69, 9.17) is 16.3 Å². The molecule has 0 saturated carbocycles. The molecule has 0 bridgehead atoms. The Bertz CT molecular complexity index is 1500. The fraction of sp³-hybridized carbons (Fsp3) is 0.111. The molecule has 1 amide bonds. The van der Waals surface area contributed by atoms with Crippen molar-refractivity contribution in [3.63, 3.8) is 0 Å². The lowest BCUT2D eigenvalue weighted by atomic mass is 10.2. The van der Waals surface area contributed by atoms with Crippen LogP contribution in [0.15, 0.2) is 103 Å². The van der Waals surface area contributed by atoms with Gasteiger partial charge in [-0.05, 0) is 42.5 Å². The van der Waals surface area contributed by atoms with Crippen molar-refractivity contribution in [2.24, 2.45) is 0 Å². The molecule has 0 aliphatic carbocycles. The molecule has 0 fully saturated rings. The highest BCUT2D eigenvalue weighted by atomic mass is 35.5. The predicted octanol–water partition coefficient (Wildman–Crippen LogP) is 5.02. The predicted molar refractivity (Wildman–Crippen MR) is 145 cm³/mol. The van der Waals surface area contributed by atoms with Gasteiger partial charge in [0.15, 0.2) is 0 Å². The number of anilines is 1. The van der Waals surface area contributed by atoms with Gasteiger partial charge in [-0.1, -0.05) is 54.1 Å². The van der Waals surface area contributed by atoms with Gasteiger partial charge in [0.25, 0.3) is 0 Å². The normalized spacial score (nSPS) is 11.3. The maximum absolute atomic E-state index is 13.2. The van der Waals surface area contributed by atoms with Gasteiger partial charge >= 0.3 is 0 Å². The summed E-state index contributed by atoms with van der Waals surface area (Å²) in [6.07, 6.45) is 3.21. The summed E-state index contributed by atoms with van der Waals surface area (Å²) in [7, 11) is -2.49. The molecule has 1 aromatic heterocycles. The monoisotopic (exact) mass is 536 g/mol. The van der Waals surface area contributed by atoms with Gasteiger partial charge < -0.3 is 4.74 Å². The van der Waals surface area contributed by atoms with Gasteiger partial charge in [-0.3, -0.25) is 14.7 Å². The van der Waals surface area contributed by atoms with Crippen LogP contribution in [0.2, 0.25) is 5.02 Å². The molecule has 1 N–H and O–H groups in total. The second-order valence-corrected chi connectivity index (χ2v) is 10.3. The fourth-order valence-corrected chi connectivity index (χ4v) is 5.20. The summed E-state index contributed by atoms with van der Waals surface area (Å²) in [5, 5.41) is 3.28. The fourth-order valence-electron chi connectivity index (χ4n) is 3.65. The van der Waals surface area contributed by atoms with E-state index >= 15 is 0 Å². The van der Waals surface area contributed by atoms with Crippen molar-refractivity contribution in [3.05, 3.63) is 103 Å². The molecule has 0 saturated heterocycles. The number of carbonyl (C=O) groups excluding carboxylic acids is 1. The van der Waals surface area contributed by atoms with Crippen molar-refractivity contribution in [1.29, 1.82) is 0 Å². The smallest absolute Gasteiger partial charge is 0.243 e. The maximum atomic E-state index is 13.2. The third-order valence-electron chi connectivity index (χ3n) is 5.46. The number of benzene rings is 3. The number of methoxy groups -OCH3 is 1. The van der Waals surface area contributed by atoms with Crippen LogP contribution in [0.25, 0.3) is 16.9 Å². The van der Waals surface area contributed by atoms with Crippen LogP contribution in [0.4, 0.5) is 5.95 Å². The zero-order chi connectivity index (χ0) is 26.4. The van der Waals surface area contributed by atoms with Gasteiger partial charge in [0.1, 0.15) is 5.75 Å². The van der Waals surface area contributed by atoms with E-state index in [1.807, 2.05) is 36.4 Å². The molecule has 0 atom stereocenters. The van der Waals surface area contributed by atoms with E-state index in [2.05, 4.69) is 16.9 Å². The van der Waals surface area contributed by atoms with Crippen molar-refractivity contribution in [3.8, 4) is 22.7 Å². The summed E-state index contributed by atoms with van der Waals surface area (Å²) in [5.41, 5.74) is 2.17. The first-order chi connectivity index (χ1) is 17.8. The summed E-state index contributed by atoms with van der Waals surface area (Å²) in [6, 6.07) is 22.6. The van der Waals surface area contributed by atoms with E-state index in [1.165, 1.54) is 25.3 Å². The minimum atomic E-state index is -3.98. The molecule has 8 nitrogen and oxygen atoms in total. The Morgan fingerprint density at radius 2 is 1.84 bits per heavy atom. The van der Waals surface area contributed by atoms with Gasteiger partial charge in [0.2, 0.25) is 21.9 Å². The van der Waals surface area contributed by atoms with Crippen molar-refractivity contribution >= 4 is 33.5 Å². The summed E-state index contributed by atoms with van der Waals surface area (Å²) >= 11 is 6.20. The molecule has 0 spiro atoms. The Labute approximate surface area is 220 Å². The van der Waals surface area contributed by atoms with Crippen LogP contribution < -0.4 is 10.1 Å². The van der Waals surface area contributed by atoms with Gasteiger partial charge in [0, 0.05) is 29.0 Å². The number of imidazole rings is 1. The number of hydrogen-bond acceptors (Lipinski definition) is 5. The number of nitrogens with zero attached hydrogens (tertiary/aromatic N) is 3. The SMILES string of the molecule is C=CCN(CC(=O)Nc1nc(-c2ccccc2)cn1-c1cccc(Cl)c1)S(=O)(=O)c1ccc(OC)cc1. The van der Waals surface area contributed by atoms with Crippen LogP contribution in [0, 0.1) is 0 Å². The topological polar surface area (TPSA) is 93.5 Å². The third kappa shape index (κ3) is 6.08. The molecule has 190 valence electrons. The van der Waals surface area contributed by atoms with E-state index in [1.54, 1.807) is 41.1 Å². The lowest BCUT2D eigenvalue weighted by Crippen LogP contribution is -2.38. The average molecular weight is 537 g/mol. The van der Waals surface area contributed by atoms with Crippen LogP contribution in [-0.2, 0) is 14.8 Å². The number of amides is 1. The second-order valence-electron chi connectivity index (χ2n) is 7.98. The van der Waals surface area contributed by atoms with Crippen molar-refractivity contribution in [2.45, 2.75) is 4.90 Å². The second kappa shape index (κ2) is 11.4. The van der Waals surface area contributed by atoms with Crippen LogP contribution in [-0.4, -0.2) is 48.4 Å². The average Bonchev–Trinajstić information content (AvgIpc) is 3.32. The number of rotatable bonds is 10. The summed E-state index contributed by atoms with van der Waals surface area (Å²) in [4.78, 5) is 17.8. The molecule has 4 rings (SSSR count). The zero-order valence-corrected chi connectivity index (χ0v) is 21.6.